The van der Waals surface area contributed by atoms with Crippen LogP contribution < -0.4 is 5.32 Å². The van der Waals surface area contributed by atoms with Gasteiger partial charge in [0, 0.05) is 6.04 Å². The van der Waals surface area contributed by atoms with Crippen LogP contribution in [0.5, 0.6) is 0 Å². The number of amides is 1. The summed E-state index contributed by atoms with van der Waals surface area (Å²) in [6, 6.07) is 4.01. The first-order valence-corrected chi connectivity index (χ1v) is 7.77. The van der Waals surface area contributed by atoms with E-state index in [1.54, 1.807) is 0 Å². The monoisotopic (exact) mass is 327 g/mol. The Morgan fingerprint density at radius 2 is 2.09 bits per heavy atom. The number of nitrogens with one attached hydrogen (secondary N) is 1. The van der Waals surface area contributed by atoms with Crippen molar-refractivity contribution in [3.05, 3.63) is 34.6 Å². The highest BCUT2D eigenvalue weighted by Crippen LogP contribution is 2.23. The summed E-state index contributed by atoms with van der Waals surface area (Å²) in [5.74, 6) is -1.66. The van der Waals surface area contributed by atoms with Crippen LogP contribution in [-0.2, 0) is 9.53 Å². The van der Waals surface area contributed by atoms with Gasteiger partial charge in [0.15, 0.2) is 6.61 Å². The summed E-state index contributed by atoms with van der Waals surface area (Å²) in [6.07, 6.45) is 4.27. The third kappa shape index (κ3) is 4.19. The normalized spacial score (nSPS) is 21.2. The first-order valence-electron chi connectivity index (χ1n) is 7.39. The van der Waals surface area contributed by atoms with Gasteiger partial charge >= 0.3 is 5.97 Å². The Morgan fingerprint density at radius 1 is 1.36 bits per heavy atom. The van der Waals surface area contributed by atoms with Gasteiger partial charge in [0.05, 0.1) is 5.02 Å². The van der Waals surface area contributed by atoms with Gasteiger partial charge in [-0.3, -0.25) is 4.79 Å². The first-order chi connectivity index (χ1) is 10.5. The van der Waals surface area contributed by atoms with E-state index in [1.165, 1.54) is 18.6 Å². The number of halogens is 2. The first kappa shape index (κ1) is 16.7. The quantitative estimate of drug-likeness (QED) is 0.863. The van der Waals surface area contributed by atoms with E-state index in [2.05, 4.69) is 12.2 Å². The van der Waals surface area contributed by atoms with E-state index in [1.807, 2.05) is 0 Å². The molecule has 1 aromatic carbocycles. The van der Waals surface area contributed by atoms with Crippen LogP contribution in [0.1, 0.15) is 43.0 Å². The molecule has 0 aliphatic heterocycles. The van der Waals surface area contributed by atoms with E-state index in [0.717, 1.165) is 25.3 Å². The van der Waals surface area contributed by atoms with E-state index < -0.39 is 18.4 Å². The maximum absolute atomic E-state index is 13.6. The predicted molar refractivity (Wildman–Crippen MR) is 81.3 cm³/mol. The van der Waals surface area contributed by atoms with Gasteiger partial charge in [0.25, 0.3) is 5.91 Å². The summed E-state index contributed by atoms with van der Waals surface area (Å²) in [4.78, 5) is 23.7. The fourth-order valence-electron chi connectivity index (χ4n) is 2.68. The van der Waals surface area contributed by atoms with Gasteiger partial charge in [0.1, 0.15) is 11.4 Å². The molecule has 0 bridgehead atoms. The molecule has 2 rings (SSSR count). The second kappa shape index (κ2) is 7.58. The van der Waals surface area contributed by atoms with Gasteiger partial charge in [-0.1, -0.05) is 37.4 Å². The minimum atomic E-state index is -0.935. The largest absolute Gasteiger partial charge is 0.452 e. The topological polar surface area (TPSA) is 55.4 Å². The number of ether oxygens (including phenoxy) is 1. The third-order valence-electron chi connectivity index (χ3n) is 3.96. The molecule has 1 N–H and O–H groups in total. The molecule has 4 nitrogen and oxygen atoms in total. The Morgan fingerprint density at radius 3 is 2.77 bits per heavy atom. The molecule has 0 spiro atoms. The van der Waals surface area contributed by atoms with E-state index in [9.17, 15) is 14.0 Å². The van der Waals surface area contributed by atoms with Gasteiger partial charge in [-0.15, -0.1) is 0 Å². The number of benzene rings is 1. The maximum atomic E-state index is 13.6. The molecule has 1 amide bonds. The fraction of sp³-hybridized carbons (Fsp3) is 0.500. The van der Waals surface area contributed by atoms with Crippen molar-refractivity contribution >= 4 is 23.5 Å². The summed E-state index contributed by atoms with van der Waals surface area (Å²) >= 11 is 5.77. The number of carbonyl (C=O) groups excluding carboxylic acids is 2. The SMILES string of the molecule is C[C@H]1CCCC[C@H]1NC(=O)COC(=O)c1c(F)cccc1Cl. The molecule has 1 aromatic rings. The predicted octanol–water partition coefficient (Wildman–Crippen LogP) is 3.33. The number of carbonyl (C=O) groups is 2. The molecule has 0 heterocycles. The molecule has 22 heavy (non-hydrogen) atoms. The molecule has 120 valence electrons. The van der Waals surface area contributed by atoms with Gasteiger partial charge in [0.2, 0.25) is 0 Å². The summed E-state index contributed by atoms with van der Waals surface area (Å²) < 4.78 is 18.4. The summed E-state index contributed by atoms with van der Waals surface area (Å²) in [5.41, 5.74) is -0.344. The van der Waals surface area contributed by atoms with Crippen LogP contribution in [0.3, 0.4) is 0 Å². The van der Waals surface area contributed by atoms with Crippen LogP contribution in [0.2, 0.25) is 5.02 Å². The van der Waals surface area contributed by atoms with Crippen molar-refractivity contribution < 1.29 is 18.7 Å². The zero-order valence-electron chi connectivity index (χ0n) is 12.4. The van der Waals surface area contributed by atoms with Crippen molar-refractivity contribution in [3.63, 3.8) is 0 Å². The molecule has 0 unspecified atom stereocenters. The fourth-order valence-corrected chi connectivity index (χ4v) is 2.92. The smallest absolute Gasteiger partial charge is 0.343 e. The summed E-state index contributed by atoms with van der Waals surface area (Å²) in [6.45, 7) is 1.65. The molecule has 0 saturated heterocycles. The van der Waals surface area contributed by atoms with Gasteiger partial charge in [-0.2, -0.15) is 0 Å². The highest BCUT2D eigenvalue weighted by atomic mass is 35.5. The second-order valence-corrected chi connectivity index (χ2v) is 6.02. The van der Waals surface area contributed by atoms with Crippen LogP contribution in [0.15, 0.2) is 18.2 Å². The molecular formula is C16H19ClFNO3. The molecule has 1 aliphatic rings. The summed E-state index contributed by atoms with van der Waals surface area (Å²) in [5, 5.41) is 2.83. The lowest BCUT2D eigenvalue weighted by molar-refractivity contribution is -0.125. The van der Waals surface area contributed by atoms with Crippen molar-refractivity contribution in [2.75, 3.05) is 6.61 Å². The number of rotatable bonds is 4. The van der Waals surface area contributed by atoms with Crippen LogP contribution in [0, 0.1) is 11.7 Å². The molecule has 0 radical (unpaired) electrons. The zero-order chi connectivity index (χ0) is 16.1. The van der Waals surface area contributed by atoms with Crippen molar-refractivity contribution in [2.24, 2.45) is 5.92 Å². The van der Waals surface area contributed by atoms with Gasteiger partial charge in [-0.25, -0.2) is 9.18 Å². The van der Waals surface area contributed by atoms with Crippen molar-refractivity contribution in [2.45, 2.75) is 38.6 Å². The van der Waals surface area contributed by atoms with Crippen LogP contribution in [0.25, 0.3) is 0 Å². The molecule has 2 atom stereocenters. The van der Waals surface area contributed by atoms with Gasteiger partial charge in [-0.05, 0) is 30.9 Å². The van der Waals surface area contributed by atoms with E-state index in [0.29, 0.717) is 5.92 Å². The Hall–Kier alpha value is -1.62. The van der Waals surface area contributed by atoms with Gasteiger partial charge < -0.3 is 10.1 Å². The Bertz CT molecular complexity index is 544. The van der Waals surface area contributed by atoms with E-state index in [4.69, 9.17) is 16.3 Å². The second-order valence-electron chi connectivity index (χ2n) is 5.61. The molecule has 0 aromatic heterocycles. The molecule has 1 aliphatic carbocycles. The average Bonchev–Trinajstić information content (AvgIpc) is 2.47. The van der Waals surface area contributed by atoms with Crippen molar-refractivity contribution in [1.82, 2.24) is 5.32 Å². The minimum Gasteiger partial charge on any atom is -0.452 e. The van der Waals surface area contributed by atoms with Crippen LogP contribution >= 0.6 is 11.6 Å². The molecular weight excluding hydrogens is 309 g/mol. The lowest BCUT2D eigenvalue weighted by atomic mass is 9.86. The van der Waals surface area contributed by atoms with E-state index in [-0.39, 0.29) is 22.5 Å². The van der Waals surface area contributed by atoms with Crippen LogP contribution in [-0.4, -0.2) is 24.5 Å². The highest BCUT2D eigenvalue weighted by Gasteiger charge is 2.24. The minimum absolute atomic E-state index is 0.0358. The molecule has 1 saturated carbocycles. The molecule has 1 fully saturated rings. The highest BCUT2D eigenvalue weighted by molar-refractivity contribution is 6.33. The zero-order valence-corrected chi connectivity index (χ0v) is 13.2. The lowest BCUT2D eigenvalue weighted by Gasteiger charge is -2.29. The number of hydrogen-bond acceptors (Lipinski definition) is 3. The van der Waals surface area contributed by atoms with Crippen molar-refractivity contribution in [3.8, 4) is 0 Å². The summed E-state index contributed by atoms with van der Waals surface area (Å²) in [7, 11) is 0. The third-order valence-corrected chi connectivity index (χ3v) is 4.27. The Labute approximate surface area is 134 Å². The lowest BCUT2D eigenvalue weighted by Crippen LogP contribution is -2.42. The Balaban J connectivity index is 1.87. The number of hydrogen-bond donors (Lipinski definition) is 1. The average molecular weight is 328 g/mol. The van der Waals surface area contributed by atoms with Crippen molar-refractivity contribution in [1.29, 1.82) is 0 Å². The molecule has 6 heteroatoms. The van der Waals surface area contributed by atoms with Crippen LogP contribution in [0.4, 0.5) is 4.39 Å². The standard InChI is InChI=1S/C16H19ClFNO3/c1-10-5-2-3-8-13(10)19-14(20)9-22-16(21)15-11(17)6-4-7-12(15)18/h4,6-7,10,13H,2-3,5,8-9H2,1H3,(H,19,20)/t10-,13+/m0/s1. The number of esters is 1. The van der Waals surface area contributed by atoms with E-state index >= 15 is 0 Å². The Kier molecular flexibility index (Phi) is 5.77. The maximum Gasteiger partial charge on any atom is 0.343 e.